The van der Waals surface area contributed by atoms with Crippen molar-refractivity contribution in [2.24, 2.45) is 0 Å². The first-order chi connectivity index (χ1) is 8.56. The first-order valence-electron chi connectivity index (χ1n) is 5.66. The second kappa shape index (κ2) is 5.50. The molecule has 1 heterocycles. The van der Waals surface area contributed by atoms with E-state index < -0.39 is 11.9 Å². The molecule has 1 aromatic rings. The molecular formula is C13H13ClFNO2. The van der Waals surface area contributed by atoms with Crippen LogP contribution in [-0.4, -0.2) is 35.1 Å². The molecule has 1 aliphatic rings. The molecule has 1 N–H and O–H groups in total. The van der Waals surface area contributed by atoms with Crippen LogP contribution in [-0.2, 0) is 4.79 Å². The lowest BCUT2D eigenvalue weighted by molar-refractivity contribution is -0.125. The molecule has 1 amide bonds. The molecule has 2 rings (SSSR count). The number of halogens is 2. The van der Waals surface area contributed by atoms with Crippen molar-refractivity contribution in [1.82, 2.24) is 4.90 Å². The van der Waals surface area contributed by atoms with Gasteiger partial charge in [0.25, 0.3) is 0 Å². The average molecular weight is 270 g/mol. The van der Waals surface area contributed by atoms with Crippen molar-refractivity contribution in [2.75, 3.05) is 13.1 Å². The van der Waals surface area contributed by atoms with Gasteiger partial charge in [-0.05, 0) is 30.2 Å². The van der Waals surface area contributed by atoms with Crippen LogP contribution in [0.2, 0.25) is 5.02 Å². The highest BCUT2D eigenvalue weighted by Gasteiger charge is 2.22. The Hall–Kier alpha value is -1.39. The number of benzene rings is 1. The van der Waals surface area contributed by atoms with E-state index in [2.05, 4.69) is 0 Å². The van der Waals surface area contributed by atoms with Crippen molar-refractivity contribution in [3.63, 3.8) is 0 Å². The fraction of sp³-hybridized carbons (Fsp3) is 0.308. The van der Waals surface area contributed by atoms with Crippen LogP contribution in [0, 0.1) is 5.82 Å². The van der Waals surface area contributed by atoms with Crippen molar-refractivity contribution in [1.29, 1.82) is 0 Å². The number of carbonyl (C=O) groups excluding carboxylic acids is 1. The predicted molar refractivity (Wildman–Crippen MR) is 67.6 cm³/mol. The monoisotopic (exact) mass is 269 g/mol. The van der Waals surface area contributed by atoms with Crippen LogP contribution in [0.15, 0.2) is 24.3 Å². The van der Waals surface area contributed by atoms with Gasteiger partial charge in [0.1, 0.15) is 5.82 Å². The number of hydrogen-bond donors (Lipinski definition) is 1. The maximum absolute atomic E-state index is 12.9. The zero-order chi connectivity index (χ0) is 13.1. The van der Waals surface area contributed by atoms with E-state index in [1.54, 1.807) is 17.0 Å². The molecule has 1 saturated heterocycles. The van der Waals surface area contributed by atoms with Crippen molar-refractivity contribution in [2.45, 2.75) is 12.5 Å². The highest BCUT2D eigenvalue weighted by molar-refractivity contribution is 6.30. The number of aliphatic hydroxyl groups excluding tert-OH is 1. The Morgan fingerprint density at radius 1 is 1.56 bits per heavy atom. The van der Waals surface area contributed by atoms with E-state index in [0.717, 1.165) is 0 Å². The van der Waals surface area contributed by atoms with Crippen molar-refractivity contribution >= 4 is 23.6 Å². The van der Waals surface area contributed by atoms with Crippen molar-refractivity contribution in [3.05, 3.63) is 40.7 Å². The Balaban J connectivity index is 2.02. The molecule has 1 atom stereocenters. The summed E-state index contributed by atoms with van der Waals surface area (Å²) in [6.45, 7) is 0.932. The van der Waals surface area contributed by atoms with E-state index in [1.165, 1.54) is 18.2 Å². The van der Waals surface area contributed by atoms with Crippen LogP contribution in [0.25, 0.3) is 6.08 Å². The van der Waals surface area contributed by atoms with Gasteiger partial charge in [0, 0.05) is 19.2 Å². The summed E-state index contributed by atoms with van der Waals surface area (Å²) >= 11 is 5.64. The number of rotatable bonds is 2. The molecule has 0 bridgehead atoms. The molecule has 0 aromatic heterocycles. The van der Waals surface area contributed by atoms with Gasteiger partial charge in [-0.2, -0.15) is 0 Å². The molecule has 1 fully saturated rings. The van der Waals surface area contributed by atoms with E-state index in [1.807, 2.05) is 0 Å². The molecule has 96 valence electrons. The molecule has 1 unspecified atom stereocenters. The standard InChI is InChI=1S/C13H13ClFNO2/c14-11-7-9(1-3-12(11)15)2-4-13(18)16-6-5-10(17)8-16/h1-4,7,10,17H,5-6,8H2. The van der Waals surface area contributed by atoms with E-state index >= 15 is 0 Å². The van der Waals surface area contributed by atoms with Crippen molar-refractivity contribution in [3.8, 4) is 0 Å². The Labute approximate surface area is 109 Å². The van der Waals surface area contributed by atoms with E-state index in [0.29, 0.717) is 25.1 Å². The lowest BCUT2D eigenvalue weighted by Gasteiger charge is -2.12. The molecule has 0 saturated carbocycles. The molecule has 1 aliphatic heterocycles. The van der Waals surface area contributed by atoms with E-state index in [-0.39, 0.29) is 10.9 Å². The summed E-state index contributed by atoms with van der Waals surface area (Å²) in [5.74, 6) is -0.644. The van der Waals surface area contributed by atoms with Gasteiger partial charge in [-0.1, -0.05) is 17.7 Å². The summed E-state index contributed by atoms with van der Waals surface area (Å²) in [7, 11) is 0. The molecular weight excluding hydrogens is 257 g/mol. The molecule has 1 aromatic carbocycles. The van der Waals surface area contributed by atoms with Gasteiger partial charge in [0.05, 0.1) is 11.1 Å². The number of β-amino-alcohol motifs (C(OH)–C–C–N with tert-alkyl or cyclic N) is 1. The minimum atomic E-state index is -0.484. The van der Waals surface area contributed by atoms with Gasteiger partial charge in [-0.25, -0.2) is 4.39 Å². The normalized spacial score (nSPS) is 19.7. The zero-order valence-electron chi connectivity index (χ0n) is 9.64. The Morgan fingerprint density at radius 3 is 2.94 bits per heavy atom. The second-order valence-corrected chi connectivity index (χ2v) is 4.64. The van der Waals surface area contributed by atoms with Crippen LogP contribution >= 0.6 is 11.6 Å². The summed E-state index contributed by atoms with van der Waals surface area (Å²) in [5.41, 5.74) is 0.662. The molecule has 5 heteroatoms. The summed E-state index contributed by atoms with van der Waals surface area (Å²) in [6.07, 6.45) is 3.17. The number of aliphatic hydroxyl groups is 1. The van der Waals surface area contributed by atoms with Crippen LogP contribution in [0.5, 0.6) is 0 Å². The van der Waals surface area contributed by atoms with Gasteiger partial charge in [0.15, 0.2) is 0 Å². The predicted octanol–water partition coefficient (Wildman–Crippen LogP) is 2.09. The largest absolute Gasteiger partial charge is 0.391 e. The molecule has 18 heavy (non-hydrogen) atoms. The lowest BCUT2D eigenvalue weighted by Crippen LogP contribution is -2.27. The van der Waals surface area contributed by atoms with Gasteiger partial charge >= 0.3 is 0 Å². The second-order valence-electron chi connectivity index (χ2n) is 4.23. The van der Waals surface area contributed by atoms with E-state index in [4.69, 9.17) is 11.6 Å². The molecule has 0 radical (unpaired) electrons. The van der Waals surface area contributed by atoms with Crippen molar-refractivity contribution < 1.29 is 14.3 Å². The number of hydrogen-bond acceptors (Lipinski definition) is 2. The number of nitrogens with zero attached hydrogens (tertiary/aromatic N) is 1. The molecule has 3 nitrogen and oxygen atoms in total. The van der Waals surface area contributed by atoms with Gasteiger partial charge in [-0.3, -0.25) is 4.79 Å². The zero-order valence-corrected chi connectivity index (χ0v) is 10.4. The minimum Gasteiger partial charge on any atom is -0.391 e. The Morgan fingerprint density at radius 2 is 2.33 bits per heavy atom. The third kappa shape index (κ3) is 3.09. The average Bonchev–Trinajstić information content (AvgIpc) is 2.77. The third-order valence-corrected chi connectivity index (χ3v) is 3.13. The van der Waals surface area contributed by atoms with Crippen LogP contribution < -0.4 is 0 Å². The summed E-state index contributed by atoms with van der Waals surface area (Å²) < 4.78 is 12.9. The van der Waals surface area contributed by atoms with E-state index in [9.17, 15) is 14.3 Å². The number of likely N-dealkylation sites (tertiary alicyclic amines) is 1. The summed E-state index contributed by atoms with van der Waals surface area (Å²) in [4.78, 5) is 13.3. The van der Waals surface area contributed by atoms with Gasteiger partial charge in [0.2, 0.25) is 5.91 Å². The number of carbonyl (C=O) groups is 1. The quantitative estimate of drug-likeness (QED) is 0.835. The highest BCUT2D eigenvalue weighted by Crippen LogP contribution is 2.17. The maximum Gasteiger partial charge on any atom is 0.246 e. The highest BCUT2D eigenvalue weighted by atomic mass is 35.5. The minimum absolute atomic E-state index is 0.0289. The maximum atomic E-state index is 12.9. The van der Waals surface area contributed by atoms with Crippen LogP contribution in [0.4, 0.5) is 4.39 Å². The lowest BCUT2D eigenvalue weighted by atomic mass is 10.2. The third-order valence-electron chi connectivity index (χ3n) is 2.84. The van der Waals surface area contributed by atoms with Gasteiger partial charge < -0.3 is 10.0 Å². The fourth-order valence-corrected chi connectivity index (χ4v) is 2.02. The SMILES string of the molecule is O=C(C=Cc1ccc(F)c(Cl)c1)N1CCC(O)C1. The topological polar surface area (TPSA) is 40.5 Å². The summed E-state index contributed by atoms with van der Waals surface area (Å²) in [5, 5.41) is 9.35. The first kappa shape index (κ1) is 13.1. The Bertz CT molecular complexity index is 490. The molecule has 0 aliphatic carbocycles. The van der Waals surface area contributed by atoms with Crippen LogP contribution in [0.1, 0.15) is 12.0 Å². The molecule has 0 spiro atoms. The van der Waals surface area contributed by atoms with Crippen LogP contribution in [0.3, 0.4) is 0 Å². The fourth-order valence-electron chi connectivity index (χ4n) is 1.83. The summed E-state index contributed by atoms with van der Waals surface area (Å²) in [6, 6.07) is 4.26. The Kier molecular flexibility index (Phi) is 3.99. The first-order valence-corrected chi connectivity index (χ1v) is 6.04. The number of amides is 1. The van der Waals surface area contributed by atoms with Gasteiger partial charge in [-0.15, -0.1) is 0 Å². The smallest absolute Gasteiger partial charge is 0.246 e.